The van der Waals surface area contributed by atoms with Gasteiger partial charge in [0, 0.05) is 4.90 Å². The number of anilines is 1. The zero-order valence-corrected chi connectivity index (χ0v) is 14.3. The first-order chi connectivity index (χ1) is 11.6. The molecule has 0 atom stereocenters. The van der Waals surface area contributed by atoms with Crippen LogP contribution in [0.1, 0.15) is 5.56 Å². The fourth-order valence-corrected chi connectivity index (χ4v) is 3.50. The maximum Gasteiger partial charge on any atom is 0.573 e. The van der Waals surface area contributed by atoms with E-state index in [9.17, 15) is 21.6 Å². The highest BCUT2D eigenvalue weighted by molar-refractivity contribution is 8.03. The summed E-state index contributed by atoms with van der Waals surface area (Å²) < 4.78 is 67.1. The maximum absolute atomic E-state index is 12.3. The van der Waals surface area contributed by atoms with Gasteiger partial charge in [-0.25, -0.2) is 8.42 Å². The van der Waals surface area contributed by atoms with E-state index in [0.29, 0.717) is 16.1 Å². The van der Waals surface area contributed by atoms with Crippen molar-refractivity contribution in [3.63, 3.8) is 0 Å². The lowest BCUT2D eigenvalue weighted by atomic mass is 10.2. The molecule has 0 heterocycles. The molecule has 1 N–H and O–H groups in total. The van der Waals surface area contributed by atoms with E-state index in [4.69, 9.17) is 5.26 Å². The Morgan fingerprint density at radius 3 is 2.32 bits per heavy atom. The van der Waals surface area contributed by atoms with Crippen molar-refractivity contribution in [2.45, 2.75) is 23.1 Å². The molecule has 132 valence electrons. The average molecular weight is 388 g/mol. The van der Waals surface area contributed by atoms with Crippen LogP contribution in [0.5, 0.6) is 5.75 Å². The van der Waals surface area contributed by atoms with Crippen molar-refractivity contribution >= 4 is 27.5 Å². The first kappa shape index (κ1) is 19.0. The van der Waals surface area contributed by atoms with E-state index in [0.717, 1.165) is 36.0 Å². The van der Waals surface area contributed by atoms with Gasteiger partial charge in [0.05, 0.1) is 10.6 Å². The van der Waals surface area contributed by atoms with E-state index in [1.165, 1.54) is 6.07 Å². The molecule has 0 aliphatic carbocycles. The zero-order chi connectivity index (χ0) is 18.7. The third-order valence-corrected chi connectivity index (χ3v) is 4.94. The highest BCUT2D eigenvalue weighted by atomic mass is 32.2. The van der Waals surface area contributed by atoms with E-state index in [-0.39, 0.29) is 4.90 Å². The Morgan fingerprint density at radius 1 is 1.16 bits per heavy atom. The number of alkyl halides is 3. The number of thioether (sulfide) groups is 1. The summed E-state index contributed by atoms with van der Waals surface area (Å²) >= 11 is 0.941. The minimum atomic E-state index is -4.85. The third-order valence-electron chi connectivity index (χ3n) is 2.97. The lowest BCUT2D eigenvalue weighted by Crippen LogP contribution is -2.17. The van der Waals surface area contributed by atoms with E-state index in [2.05, 4.69) is 9.46 Å². The minimum Gasteiger partial charge on any atom is -0.406 e. The molecule has 0 aliphatic rings. The van der Waals surface area contributed by atoms with Gasteiger partial charge < -0.3 is 4.74 Å². The Morgan fingerprint density at radius 2 is 1.80 bits per heavy atom. The summed E-state index contributed by atoms with van der Waals surface area (Å²) in [5.41, 5.74) is 0.902. The minimum absolute atomic E-state index is 0.211. The second-order valence-electron chi connectivity index (χ2n) is 4.79. The molecule has 0 unspecified atom stereocenters. The summed E-state index contributed by atoms with van der Waals surface area (Å²) in [7, 11) is -3.98. The van der Waals surface area contributed by atoms with Crippen molar-refractivity contribution < 1.29 is 26.3 Å². The van der Waals surface area contributed by atoms with E-state index in [1.807, 2.05) is 5.40 Å². The SMILES string of the molecule is Cc1cc(SC#N)ccc1NS(=O)(=O)c1ccc(OC(F)(F)F)cc1. The van der Waals surface area contributed by atoms with Crippen LogP contribution in [0.3, 0.4) is 0 Å². The van der Waals surface area contributed by atoms with Crippen LogP contribution in [0.4, 0.5) is 18.9 Å². The van der Waals surface area contributed by atoms with Crippen molar-refractivity contribution in [1.29, 1.82) is 5.26 Å². The Bertz CT molecular complexity index is 905. The number of benzene rings is 2. The summed E-state index contributed by atoms with van der Waals surface area (Å²) in [6.07, 6.45) is -4.85. The molecule has 10 heteroatoms. The van der Waals surface area contributed by atoms with Gasteiger partial charge in [-0.2, -0.15) is 5.26 Å². The van der Waals surface area contributed by atoms with E-state index >= 15 is 0 Å². The van der Waals surface area contributed by atoms with Gasteiger partial charge in [0.1, 0.15) is 11.2 Å². The number of halogens is 3. The number of nitrogens with zero attached hydrogens (tertiary/aromatic N) is 1. The van der Waals surface area contributed by atoms with Crippen LogP contribution >= 0.6 is 11.8 Å². The predicted molar refractivity (Wildman–Crippen MR) is 86.6 cm³/mol. The molecule has 0 saturated heterocycles. The fourth-order valence-electron chi connectivity index (χ4n) is 1.89. The van der Waals surface area contributed by atoms with Crippen LogP contribution in [0.25, 0.3) is 0 Å². The highest BCUT2D eigenvalue weighted by Crippen LogP contribution is 2.27. The van der Waals surface area contributed by atoms with Crippen LogP contribution in [-0.4, -0.2) is 14.8 Å². The molecular formula is C15H11F3N2O3S2. The number of thiocyanates is 1. The number of nitriles is 1. The van der Waals surface area contributed by atoms with Crippen molar-refractivity contribution in [3.05, 3.63) is 48.0 Å². The number of aryl methyl sites for hydroxylation is 1. The topological polar surface area (TPSA) is 79.2 Å². The molecule has 0 saturated carbocycles. The Labute approximate surface area is 146 Å². The van der Waals surface area contributed by atoms with Gasteiger partial charge in [-0.1, -0.05) is 0 Å². The molecule has 2 rings (SSSR count). The van der Waals surface area contributed by atoms with E-state index < -0.39 is 22.1 Å². The number of sulfonamides is 1. The van der Waals surface area contributed by atoms with Crippen molar-refractivity contribution in [3.8, 4) is 11.2 Å². The zero-order valence-electron chi connectivity index (χ0n) is 12.7. The van der Waals surface area contributed by atoms with Gasteiger partial charge in [0.2, 0.25) is 0 Å². The largest absolute Gasteiger partial charge is 0.573 e. The molecule has 0 bridgehead atoms. The van der Waals surface area contributed by atoms with Crippen molar-refractivity contribution in [2.24, 2.45) is 0 Å². The molecule has 0 amide bonds. The summed E-state index contributed by atoms with van der Waals surface area (Å²) in [4.78, 5) is 0.452. The average Bonchev–Trinajstić information content (AvgIpc) is 2.49. The molecule has 2 aromatic rings. The molecular weight excluding hydrogens is 377 g/mol. The van der Waals surface area contributed by atoms with Crippen LogP contribution in [0.15, 0.2) is 52.3 Å². The Kier molecular flexibility index (Phi) is 5.49. The molecule has 0 aliphatic heterocycles. The molecule has 25 heavy (non-hydrogen) atoms. The van der Waals surface area contributed by atoms with Gasteiger partial charge in [-0.05, 0) is 66.7 Å². The van der Waals surface area contributed by atoms with Crippen LogP contribution in [0, 0.1) is 17.6 Å². The van der Waals surface area contributed by atoms with Crippen LogP contribution < -0.4 is 9.46 Å². The molecule has 0 fully saturated rings. The normalized spacial score (nSPS) is 11.6. The maximum atomic E-state index is 12.3. The first-order valence-electron chi connectivity index (χ1n) is 6.66. The molecule has 0 radical (unpaired) electrons. The monoisotopic (exact) mass is 388 g/mol. The molecule has 0 aromatic heterocycles. The van der Waals surface area contributed by atoms with Gasteiger partial charge in [-0.15, -0.1) is 13.2 Å². The third kappa shape index (κ3) is 5.30. The van der Waals surface area contributed by atoms with Gasteiger partial charge in [0.15, 0.2) is 0 Å². The molecule has 2 aromatic carbocycles. The summed E-state index contributed by atoms with van der Waals surface area (Å²) in [5, 5.41) is 10.5. The second-order valence-corrected chi connectivity index (χ2v) is 7.34. The van der Waals surface area contributed by atoms with Crippen LogP contribution in [0.2, 0.25) is 0 Å². The second kappa shape index (κ2) is 7.25. The summed E-state index contributed by atoms with van der Waals surface area (Å²) in [5.74, 6) is -0.513. The number of rotatable bonds is 5. The van der Waals surface area contributed by atoms with Crippen molar-refractivity contribution in [2.75, 3.05) is 4.72 Å². The number of hydrogen-bond acceptors (Lipinski definition) is 5. The molecule has 0 spiro atoms. The number of nitrogens with one attached hydrogen (secondary N) is 1. The summed E-state index contributed by atoms with van der Waals surface area (Å²) in [6.45, 7) is 1.67. The smallest absolute Gasteiger partial charge is 0.406 e. The van der Waals surface area contributed by atoms with E-state index in [1.54, 1.807) is 19.1 Å². The van der Waals surface area contributed by atoms with Crippen molar-refractivity contribution in [1.82, 2.24) is 0 Å². The number of hydrogen-bond donors (Lipinski definition) is 1. The first-order valence-corrected chi connectivity index (χ1v) is 8.96. The Balaban J connectivity index is 2.20. The fraction of sp³-hybridized carbons (Fsp3) is 0.133. The lowest BCUT2D eigenvalue weighted by molar-refractivity contribution is -0.274. The van der Waals surface area contributed by atoms with Gasteiger partial charge in [-0.3, -0.25) is 4.72 Å². The standard InChI is InChI=1S/C15H11F3N2O3S2/c1-10-8-12(24-9-19)4-7-14(10)20-25(21,22)13-5-2-11(3-6-13)23-15(16,17)18/h2-8,20H,1H3. The predicted octanol–water partition coefficient (Wildman–Crippen LogP) is 4.27. The Hall–Kier alpha value is -2.38. The van der Waals surface area contributed by atoms with Gasteiger partial charge >= 0.3 is 6.36 Å². The summed E-state index contributed by atoms with van der Waals surface area (Å²) in [6, 6.07) is 8.60. The quantitative estimate of drug-likeness (QED) is 0.611. The van der Waals surface area contributed by atoms with Crippen LogP contribution in [-0.2, 0) is 10.0 Å². The number of ether oxygens (including phenoxy) is 1. The lowest BCUT2D eigenvalue weighted by Gasteiger charge is -2.12. The van der Waals surface area contributed by atoms with Gasteiger partial charge in [0.25, 0.3) is 10.0 Å². The molecule has 5 nitrogen and oxygen atoms in total. The highest BCUT2D eigenvalue weighted by Gasteiger charge is 2.31.